The lowest BCUT2D eigenvalue weighted by Gasteiger charge is -2.30. The lowest BCUT2D eigenvalue weighted by atomic mass is 10.0. The van der Waals surface area contributed by atoms with Crippen molar-refractivity contribution < 1.29 is 30.9 Å². The van der Waals surface area contributed by atoms with E-state index in [2.05, 4.69) is 20.0 Å². The number of anilines is 3. The van der Waals surface area contributed by atoms with Crippen LogP contribution in [0.3, 0.4) is 0 Å². The Kier molecular flexibility index (Phi) is 8.57. The highest BCUT2D eigenvalue weighted by Gasteiger charge is 2.37. The predicted octanol–water partition coefficient (Wildman–Crippen LogP) is 7.37. The third-order valence-corrected chi connectivity index (χ3v) is 8.20. The van der Waals surface area contributed by atoms with E-state index in [1.54, 1.807) is 19.1 Å². The molecule has 6 rings (SSSR count). The molecule has 248 valence electrons. The largest absolute Gasteiger partial charge is 0.416 e. The highest BCUT2D eigenvalue weighted by molar-refractivity contribution is 6.00. The van der Waals surface area contributed by atoms with Gasteiger partial charge in [0.15, 0.2) is 0 Å². The standard InChI is InChI=1S/C32H32F6N8O/c1-18(39)26-10-22(29(43-28(26)40)45(14-19-2-3-19)15-20-4-5-20)17-46(30-41-12-23(13-42-30)27-6-7-47-44-27)16-21-8-24(31(33,34)35)11-25(9-21)32(36,37)38/h6-13,19-20,39H,2-5,14-17H2,1H3,(H2,40,43). The van der Waals surface area contributed by atoms with E-state index in [1.165, 1.54) is 23.6 Å². The SMILES string of the molecule is CC(=N)c1cc(CN(Cc2cc(C(F)(F)F)cc(C(F)(F)F)c2)c2ncc(-c3ccon3)cn2)c(N(CC2CC2)CC2CC2)nc1N. The number of nitrogens with two attached hydrogens (primary N) is 1. The minimum atomic E-state index is -5.01. The first-order valence-electron chi connectivity index (χ1n) is 15.1. The molecular weight excluding hydrogens is 626 g/mol. The summed E-state index contributed by atoms with van der Waals surface area (Å²) in [4.78, 5) is 17.2. The molecule has 2 aliphatic rings. The fourth-order valence-electron chi connectivity index (χ4n) is 5.43. The highest BCUT2D eigenvalue weighted by Crippen LogP contribution is 2.39. The maximum absolute atomic E-state index is 13.8. The highest BCUT2D eigenvalue weighted by atomic mass is 19.4. The van der Waals surface area contributed by atoms with Gasteiger partial charge in [-0.2, -0.15) is 26.3 Å². The average Bonchev–Trinajstić information content (AvgIpc) is 3.95. The van der Waals surface area contributed by atoms with Crippen LogP contribution in [0.4, 0.5) is 43.9 Å². The summed E-state index contributed by atoms with van der Waals surface area (Å²) >= 11 is 0. The zero-order valence-electron chi connectivity index (χ0n) is 25.4. The Morgan fingerprint density at radius 3 is 1.98 bits per heavy atom. The maximum atomic E-state index is 13.8. The van der Waals surface area contributed by atoms with Crippen molar-refractivity contribution in [2.75, 3.05) is 28.6 Å². The number of nitrogens with one attached hydrogen (secondary N) is 1. The van der Waals surface area contributed by atoms with Crippen LogP contribution in [0.2, 0.25) is 0 Å². The van der Waals surface area contributed by atoms with Gasteiger partial charge in [-0.25, -0.2) is 15.0 Å². The van der Waals surface area contributed by atoms with E-state index in [9.17, 15) is 26.3 Å². The Hall–Kier alpha value is -4.69. The summed E-state index contributed by atoms with van der Waals surface area (Å²) in [5, 5.41) is 12.1. The van der Waals surface area contributed by atoms with E-state index >= 15 is 0 Å². The number of rotatable bonds is 12. The Morgan fingerprint density at radius 1 is 0.894 bits per heavy atom. The molecule has 2 saturated carbocycles. The minimum Gasteiger partial charge on any atom is -0.383 e. The molecule has 0 radical (unpaired) electrons. The summed E-state index contributed by atoms with van der Waals surface area (Å²) < 4.78 is 87.5. The molecule has 3 N–H and O–H groups in total. The van der Waals surface area contributed by atoms with Gasteiger partial charge in [0.1, 0.15) is 23.6 Å². The summed E-state index contributed by atoms with van der Waals surface area (Å²) in [6.07, 6.45) is -1.42. The second-order valence-electron chi connectivity index (χ2n) is 12.2. The zero-order chi connectivity index (χ0) is 33.5. The van der Waals surface area contributed by atoms with Gasteiger partial charge in [-0.1, -0.05) is 5.16 Å². The number of hydrogen-bond acceptors (Lipinski definition) is 9. The van der Waals surface area contributed by atoms with E-state index in [-0.39, 0.29) is 35.7 Å². The van der Waals surface area contributed by atoms with Crippen molar-refractivity contribution in [1.29, 1.82) is 5.41 Å². The smallest absolute Gasteiger partial charge is 0.383 e. The first-order chi connectivity index (χ1) is 22.2. The zero-order valence-corrected chi connectivity index (χ0v) is 25.4. The molecule has 47 heavy (non-hydrogen) atoms. The van der Waals surface area contributed by atoms with E-state index in [1.807, 2.05) is 0 Å². The Balaban J connectivity index is 1.44. The second kappa shape index (κ2) is 12.5. The normalized spacial score (nSPS) is 15.1. The average molecular weight is 659 g/mol. The minimum absolute atomic E-state index is 0.0460. The molecule has 0 bridgehead atoms. The molecule has 0 unspecified atom stereocenters. The molecule has 2 aliphatic carbocycles. The van der Waals surface area contributed by atoms with Crippen LogP contribution in [0.1, 0.15) is 60.4 Å². The topological polar surface area (TPSA) is 121 Å². The number of benzene rings is 1. The number of aromatic nitrogens is 4. The van der Waals surface area contributed by atoms with Gasteiger partial charge in [0.2, 0.25) is 5.95 Å². The molecule has 3 aromatic heterocycles. The van der Waals surface area contributed by atoms with Crippen LogP contribution in [0.5, 0.6) is 0 Å². The first kappa shape index (κ1) is 32.3. The molecule has 15 heteroatoms. The van der Waals surface area contributed by atoms with Crippen LogP contribution >= 0.6 is 0 Å². The monoisotopic (exact) mass is 658 g/mol. The molecule has 0 spiro atoms. The third kappa shape index (κ3) is 7.83. The molecule has 0 saturated heterocycles. The van der Waals surface area contributed by atoms with Gasteiger partial charge in [0.25, 0.3) is 0 Å². The Morgan fingerprint density at radius 2 is 1.49 bits per heavy atom. The molecule has 0 atom stereocenters. The third-order valence-electron chi connectivity index (χ3n) is 8.20. The van der Waals surface area contributed by atoms with Gasteiger partial charge in [-0.15, -0.1) is 0 Å². The van der Waals surface area contributed by atoms with Crippen molar-refractivity contribution in [3.05, 3.63) is 76.8 Å². The van der Waals surface area contributed by atoms with Crippen molar-refractivity contribution in [3.63, 3.8) is 0 Å². The van der Waals surface area contributed by atoms with Gasteiger partial charge in [0.05, 0.1) is 11.1 Å². The number of hydrogen-bond donors (Lipinski definition) is 2. The van der Waals surface area contributed by atoms with Gasteiger partial charge in [-0.3, -0.25) is 0 Å². The summed E-state index contributed by atoms with van der Waals surface area (Å²) in [6.45, 7) is 2.60. The summed E-state index contributed by atoms with van der Waals surface area (Å²) in [6, 6.07) is 4.82. The fraction of sp³-hybridized carbons (Fsp3) is 0.406. The quantitative estimate of drug-likeness (QED) is 0.120. The van der Waals surface area contributed by atoms with E-state index in [0.29, 0.717) is 52.2 Å². The molecule has 1 aromatic carbocycles. The van der Waals surface area contributed by atoms with Gasteiger partial charge < -0.3 is 25.5 Å². The number of nitrogens with zero attached hydrogens (tertiary/aromatic N) is 6. The van der Waals surface area contributed by atoms with Crippen molar-refractivity contribution in [2.45, 2.75) is 58.0 Å². The lowest BCUT2D eigenvalue weighted by Crippen LogP contribution is -2.32. The lowest BCUT2D eigenvalue weighted by molar-refractivity contribution is -0.143. The van der Waals surface area contributed by atoms with Crippen molar-refractivity contribution in [3.8, 4) is 11.3 Å². The van der Waals surface area contributed by atoms with Crippen LogP contribution in [0, 0.1) is 17.2 Å². The molecule has 4 aromatic rings. The number of halogens is 6. The fourth-order valence-corrected chi connectivity index (χ4v) is 5.43. The van der Waals surface area contributed by atoms with Crippen molar-refractivity contribution >= 4 is 23.3 Å². The number of nitrogen functional groups attached to an aromatic ring is 1. The van der Waals surface area contributed by atoms with Gasteiger partial charge >= 0.3 is 12.4 Å². The van der Waals surface area contributed by atoms with Gasteiger partial charge in [0, 0.05) is 67.0 Å². The van der Waals surface area contributed by atoms with E-state index in [4.69, 9.17) is 20.7 Å². The van der Waals surface area contributed by atoms with Crippen LogP contribution in [0.15, 0.2) is 53.5 Å². The van der Waals surface area contributed by atoms with Crippen LogP contribution in [-0.4, -0.2) is 38.9 Å². The second-order valence-corrected chi connectivity index (χ2v) is 12.2. The van der Waals surface area contributed by atoms with Gasteiger partial charge in [-0.05, 0) is 74.3 Å². The summed E-state index contributed by atoms with van der Waals surface area (Å²) in [7, 11) is 0. The Bertz CT molecular complexity index is 1690. The first-order valence-corrected chi connectivity index (χ1v) is 15.1. The van der Waals surface area contributed by atoms with Crippen LogP contribution in [0.25, 0.3) is 11.3 Å². The van der Waals surface area contributed by atoms with Crippen molar-refractivity contribution in [2.24, 2.45) is 11.8 Å². The Labute approximate surface area is 266 Å². The number of alkyl halides is 6. The molecule has 9 nitrogen and oxygen atoms in total. The molecule has 0 amide bonds. The maximum Gasteiger partial charge on any atom is 0.416 e. The van der Waals surface area contributed by atoms with E-state index in [0.717, 1.165) is 38.8 Å². The van der Waals surface area contributed by atoms with Crippen LogP contribution < -0.4 is 15.5 Å². The predicted molar refractivity (Wildman–Crippen MR) is 163 cm³/mol. The molecule has 0 aliphatic heterocycles. The van der Waals surface area contributed by atoms with Crippen LogP contribution in [-0.2, 0) is 25.4 Å². The molecular formula is C32H32F6N8O. The van der Waals surface area contributed by atoms with E-state index < -0.39 is 30.0 Å². The number of pyridine rings is 1. The molecule has 2 fully saturated rings. The molecule has 3 heterocycles. The van der Waals surface area contributed by atoms with Crippen molar-refractivity contribution in [1.82, 2.24) is 20.1 Å². The summed E-state index contributed by atoms with van der Waals surface area (Å²) in [5.41, 5.74) is 5.32. The summed E-state index contributed by atoms with van der Waals surface area (Å²) in [5.74, 6) is 1.76.